The minimum Gasteiger partial charge on any atom is -0.480 e. The van der Waals surface area contributed by atoms with Crippen LogP contribution in [0.25, 0.3) is 5.69 Å². The molecule has 1 amide bonds. The third kappa shape index (κ3) is 3.79. The van der Waals surface area contributed by atoms with Gasteiger partial charge in [0.15, 0.2) is 0 Å². The molecule has 2 N–H and O–H groups in total. The standard InChI is InChI=1S/C16H18BrN3O3/c1-9(2)14(16(22)23)19-15(21)13-8-18-20(10(13)3)12-6-4-5-11(17)7-12/h4-9,14H,1-3H3,(H,19,21)(H,22,23)/t14-/m0/s1. The zero-order valence-electron chi connectivity index (χ0n) is 13.1. The van der Waals surface area contributed by atoms with Crippen molar-refractivity contribution in [1.29, 1.82) is 0 Å². The molecular weight excluding hydrogens is 362 g/mol. The second-order valence-corrected chi connectivity index (χ2v) is 6.48. The molecule has 0 saturated carbocycles. The molecule has 0 aliphatic carbocycles. The molecule has 1 heterocycles. The Kier molecular flexibility index (Phi) is 5.20. The van der Waals surface area contributed by atoms with Crippen LogP contribution in [0, 0.1) is 12.8 Å². The van der Waals surface area contributed by atoms with Crippen molar-refractivity contribution in [3.63, 3.8) is 0 Å². The summed E-state index contributed by atoms with van der Waals surface area (Å²) in [5.74, 6) is -1.70. The maximum Gasteiger partial charge on any atom is 0.326 e. The number of amides is 1. The predicted octanol–water partition coefficient (Wildman–Crippen LogP) is 2.78. The summed E-state index contributed by atoms with van der Waals surface area (Å²) >= 11 is 3.40. The summed E-state index contributed by atoms with van der Waals surface area (Å²) in [4.78, 5) is 23.6. The van der Waals surface area contributed by atoms with Crippen molar-refractivity contribution >= 4 is 27.8 Å². The van der Waals surface area contributed by atoms with Gasteiger partial charge in [0.05, 0.1) is 23.1 Å². The number of carbonyl (C=O) groups excluding carboxylic acids is 1. The first-order valence-corrected chi connectivity index (χ1v) is 7.94. The van der Waals surface area contributed by atoms with E-state index in [9.17, 15) is 14.7 Å². The summed E-state index contributed by atoms with van der Waals surface area (Å²) in [5.41, 5.74) is 1.82. The van der Waals surface area contributed by atoms with Gasteiger partial charge in [0.2, 0.25) is 0 Å². The van der Waals surface area contributed by atoms with E-state index in [4.69, 9.17) is 0 Å². The molecule has 2 aromatic rings. The Balaban J connectivity index is 2.28. The van der Waals surface area contributed by atoms with Crippen molar-refractivity contribution in [3.8, 4) is 5.69 Å². The van der Waals surface area contributed by atoms with Gasteiger partial charge in [0.1, 0.15) is 6.04 Å². The fourth-order valence-electron chi connectivity index (χ4n) is 2.23. The second-order valence-electron chi connectivity index (χ2n) is 5.57. The van der Waals surface area contributed by atoms with Crippen LogP contribution in [-0.4, -0.2) is 32.8 Å². The zero-order valence-corrected chi connectivity index (χ0v) is 14.7. The first-order valence-electron chi connectivity index (χ1n) is 7.15. The Hall–Kier alpha value is -2.15. The minimum atomic E-state index is -1.05. The molecule has 1 atom stereocenters. The maximum absolute atomic E-state index is 12.4. The van der Waals surface area contributed by atoms with Crippen LogP contribution in [-0.2, 0) is 4.79 Å². The molecule has 0 radical (unpaired) electrons. The van der Waals surface area contributed by atoms with Gasteiger partial charge in [0.25, 0.3) is 5.91 Å². The highest BCUT2D eigenvalue weighted by Crippen LogP contribution is 2.18. The number of carbonyl (C=O) groups is 2. The number of nitrogens with one attached hydrogen (secondary N) is 1. The number of hydrogen-bond donors (Lipinski definition) is 2. The Morgan fingerprint density at radius 3 is 2.61 bits per heavy atom. The van der Waals surface area contributed by atoms with E-state index in [0.717, 1.165) is 10.2 Å². The molecule has 1 aromatic carbocycles. The van der Waals surface area contributed by atoms with E-state index in [-0.39, 0.29) is 5.92 Å². The average molecular weight is 380 g/mol. The van der Waals surface area contributed by atoms with Gasteiger partial charge in [-0.3, -0.25) is 4.79 Å². The number of carboxylic acid groups (broad SMARTS) is 1. The lowest BCUT2D eigenvalue weighted by Crippen LogP contribution is -2.44. The Labute approximate surface area is 142 Å². The zero-order chi connectivity index (χ0) is 17.1. The quantitative estimate of drug-likeness (QED) is 0.836. The van der Waals surface area contributed by atoms with Crippen LogP contribution in [0.15, 0.2) is 34.9 Å². The van der Waals surface area contributed by atoms with Gasteiger partial charge < -0.3 is 10.4 Å². The molecule has 0 spiro atoms. The number of benzene rings is 1. The number of hydrogen-bond acceptors (Lipinski definition) is 3. The van der Waals surface area contributed by atoms with Crippen molar-refractivity contribution < 1.29 is 14.7 Å². The van der Waals surface area contributed by atoms with Gasteiger partial charge >= 0.3 is 5.97 Å². The van der Waals surface area contributed by atoms with Gasteiger partial charge in [-0.1, -0.05) is 35.8 Å². The number of aliphatic carboxylic acids is 1. The molecule has 0 saturated heterocycles. The number of halogens is 1. The van der Waals surface area contributed by atoms with Crippen LogP contribution < -0.4 is 5.32 Å². The van der Waals surface area contributed by atoms with E-state index in [2.05, 4.69) is 26.3 Å². The lowest BCUT2D eigenvalue weighted by atomic mass is 10.0. The van der Waals surface area contributed by atoms with Crippen molar-refractivity contribution in [2.45, 2.75) is 26.8 Å². The van der Waals surface area contributed by atoms with Crippen LogP contribution in [0.1, 0.15) is 29.9 Å². The molecule has 6 nitrogen and oxygen atoms in total. The van der Waals surface area contributed by atoms with Gasteiger partial charge in [-0.05, 0) is 31.0 Å². The lowest BCUT2D eigenvalue weighted by molar-refractivity contribution is -0.140. The van der Waals surface area contributed by atoms with E-state index < -0.39 is 17.9 Å². The van der Waals surface area contributed by atoms with Crippen LogP contribution >= 0.6 is 15.9 Å². The van der Waals surface area contributed by atoms with E-state index in [1.54, 1.807) is 25.5 Å². The highest BCUT2D eigenvalue weighted by molar-refractivity contribution is 9.10. The third-order valence-electron chi connectivity index (χ3n) is 3.53. The van der Waals surface area contributed by atoms with Gasteiger partial charge in [-0.15, -0.1) is 0 Å². The van der Waals surface area contributed by atoms with Crippen LogP contribution in [0.5, 0.6) is 0 Å². The molecule has 0 unspecified atom stereocenters. The summed E-state index contributed by atoms with van der Waals surface area (Å²) in [6.07, 6.45) is 1.45. The number of aromatic nitrogens is 2. The van der Waals surface area contributed by atoms with Gasteiger partial charge in [-0.2, -0.15) is 5.10 Å². The van der Waals surface area contributed by atoms with E-state index >= 15 is 0 Å². The number of carboxylic acids is 1. The fourth-order valence-corrected chi connectivity index (χ4v) is 2.62. The first kappa shape index (κ1) is 17.2. The average Bonchev–Trinajstić information content (AvgIpc) is 2.85. The smallest absolute Gasteiger partial charge is 0.326 e. The molecule has 7 heteroatoms. The molecule has 122 valence electrons. The molecule has 0 aliphatic heterocycles. The highest BCUT2D eigenvalue weighted by atomic mass is 79.9. The Morgan fingerprint density at radius 2 is 2.04 bits per heavy atom. The normalized spacial score (nSPS) is 12.2. The Morgan fingerprint density at radius 1 is 1.35 bits per heavy atom. The first-order chi connectivity index (χ1) is 10.8. The van der Waals surface area contributed by atoms with Crippen LogP contribution in [0.3, 0.4) is 0 Å². The fraction of sp³-hybridized carbons (Fsp3) is 0.312. The van der Waals surface area contributed by atoms with Crippen molar-refractivity contribution in [2.24, 2.45) is 5.92 Å². The summed E-state index contributed by atoms with van der Waals surface area (Å²) < 4.78 is 2.55. The summed E-state index contributed by atoms with van der Waals surface area (Å²) in [6.45, 7) is 5.27. The second kappa shape index (κ2) is 6.95. The van der Waals surface area contributed by atoms with Gasteiger partial charge in [-0.25, -0.2) is 9.48 Å². The van der Waals surface area contributed by atoms with Crippen LogP contribution in [0.4, 0.5) is 0 Å². The summed E-state index contributed by atoms with van der Waals surface area (Å²) in [5, 5.41) is 16.0. The van der Waals surface area contributed by atoms with Gasteiger partial charge in [0, 0.05) is 4.47 Å². The van der Waals surface area contributed by atoms with E-state index in [1.165, 1.54) is 6.20 Å². The van der Waals surface area contributed by atoms with Crippen molar-refractivity contribution in [2.75, 3.05) is 0 Å². The molecule has 23 heavy (non-hydrogen) atoms. The SMILES string of the molecule is Cc1c(C(=O)N[C@H](C(=O)O)C(C)C)cnn1-c1cccc(Br)c1. The third-order valence-corrected chi connectivity index (χ3v) is 4.02. The monoisotopic (exact) mass is 379 g/mol. The largest absolute Gasteiger partial charge is 0.480 e. The van der Waals surface area contributed by atoms with Crippen molar-refractivity contribution in [1.82, 2.24) is 15.1 Å². The highest BCUT2D eigenvalue weighted by Gasteiger charge is 2.25. The topological polar surface area (TPSA) is 84.2 Å². The van der Waals surface area contributed by atoms with Crippen LogP contribution in [0.2, 0.25) is 0 Å². The summed E-state index contributed by atoms with van der Waals surface area (Å²) in [6, 6.07) is 6.60. The lowest BCUT2D eigenvalue weighted by Gasteiger charge is -2.17. The summed E-state index contributed by atoms with van der Waals surface area (Å²) in [7, 11) is 0. The molecule has 2 rings (SSSR count). The number of nitrogens with zero attached hydrogens (tertiary/aromatic N) is 2. The minimum absolute atomic E-state index is 0.211. The molecule has 1 aromatic heterocycles. The van der Waals surface area contributed by atoms with E-state index in [1.807, 2.05) is 24.3 Å². The molecule has 0 fully saturated rings. The molecule has 0 bridgehead atoms. The molecule has 0 aliphatic rings. The van der Waals surface area contributed by atoms with Crippen molar-refractivity contribution in [3.05, 3.63) is 46.2 Å². The predicted molar refractivity (Wildman–Crippen MR) is 89.7 cm³/mol. The Bertz CT molecular complexity index is 740. The number of rotatable bonds is 5. The van der Waals surface area contributed by atoms with E-state index in [0.29, 0.717) is 11.3 Å². The molecular formula is C16H18BrN3O3. The maximum atomic E-state index is 12.4.